The third kappa shape index (κ3) is 3.98. The number of carbonyl (C=O) groups excluding carboxylic acids is 1. The molecule has 0 heterocycles. The first kappa shape index (κ1) is 15.0. The Bertz CT molecular complexity index is 293. The lowest BCUT2D eigenvalue weighted by Gasteiger charge is -2.23. The van der Waals surface area contributed by atoms with Crippen LogP contribution >= 0.6 is 0 Å². The van der Waals surface area contributed by atoms with Gasteiger partial charge in [-0.15, -0.1) is 0 Å². The fourth-order valence-electron chi connectivity index (χ4n) is 2.58. The van der Waals surface area contributed by atoms with Gasteiger partial charge in [-0.25, -0.2) is 0 Å². The number of aliphatic carboxylic acids is 1. The summed E-state index contributed by atoms with van der Waals surface area (Å²) >= 11 is 0. The molecule has 0 aliphatic heterocycles. The summed E-state index contributed by atoms with van der Waals surface area (Å²) in [5.74, 6) is -1.73. The summed E-state index contributed by atoms with van der Waals surface area (Å²) in [6.07, 6.45) is 4.63. The molecule has 5 heteroatoms. The molecule has 0 bridgehead atoms. The van der Waals surface area contributed by atoms with Gasteiger partial charge in [0.1, 0.15) is 0 Å². The molecule has 0 aromatic heterocycles. The largest absolute Gasteiger partial charge is 0.481 e. The summed E-state index contributed by atoms with van der Waals surface area (Å²) in [7, 11) is 1.73. The number of carboxylic acids is 1. The van der Waals surface area contributed by atoms with E-state index in [4.69, 9.17) is 10.2 Å². The second kappa shape index (κ2) is 7.36. The Hall–Kier alpha value is -1.10. The lowest BCUT2D eigenvalue weighted by molar-refractivity contribution is -0.148. The topological polar surface area (TPSA) is 77.8 Å². The zero-order valence-electron chi connectivity index (χ0n) is 11.0. The molecule has 2 atom stereocenters. The standard InChI is InChI=1S/C13H23NO4/c1-14(8-3-2-4-9-15)12(16)10-6-5-7-11(10)13(17)18/h10-11,15H,2-9H2,1H3,(H,17,18)/t10-,11+/m1/s1. The zero-order valence-corrected chi connectivity index (χ0v) is 11.0. The summed E-state index contributed by atoms with van der Waals surface area (Å²) in [6.45, 7) is 0.822. The third-order valence-corrected chi connectivity index (χ3v) is 3.68. The van der Waals surface area contributed by atoms with Gasteiger partial charge in [0.25, 0.3) is 0 Å². The summed E-state index contributed by atoms with van der Waals surface area (Å²) in [5.41, 5.74) is 0. The van der Waals surface area contributed by atoms with Gasteiger partial charge < -0.3 is 15.1 Å². The molecule has 0 aromatic rings. The average molecular weight is 257 g/mol. The molecule has 0 unspecified atom stereocenters. The maximum Gasteiger partial charge on any atom is 0.307 e. The lowest BCUT2D eigenvalue weighted by Crippen LogP contribution is -2.37. The number of aliphatic hydroxyl groups is 1. The van der Waals surface area contributed by atoms with Crippen molar-refractivity contribution in [2.24, 2.45) is 11.8 Å². The van der Waals surface area contributed by atoms with Gasteiger partial charge in [0, 0.05) is 20.2 Å². The van der Waals surface area contributed by atoms with Crippen LogP contribution in [0.25, 0.3) is 0 Å². The van der Waals surface area contributed by atoms with Gasteiger partial charge in [0.05, 0.1) is 11.8 Å². The van der Waals surface area contributed by atoms with Gasteiger partial charge in [-0.2, -0.15) is 0 Å². The SMILES string of the molecule is CN(CCCCCO)C(=O)[C@@H]1CCC[C@@H]1C(=O)O. The Balaban J connectivity index is 2.40. The normalized spacial score (nSPS) is 23.0. The monoisotopic (exact) mass is 257 g/mol. The smallest absolute Gasteiger partial charge is 0.307 e. The second-order valence-corrected chi connectivity index (χ2v) is 5.03. The Morgan fingerprint density at radius 2 is 1.83 bits per heavy atom. The maximum absolute atomic E-state index is 12.1. The van der Waals surface area contributed by atoms with Gasteiger partial charge >= 0.3 is 5.97 Å². The second-order valence-electron chi connectivity index (χ2n) is 5.03. The molecule has 1 rings (SSSR count). The fourth-order valence-corrected chi connectivity index (χ4v) is 2.58. The van der Waals surface area contributed by atoms with E-state index in [9.17, 15) is 9.59 Å². The number of rotatable bonds is 7. The van der Waals surface area contributed by atoms with Crippen LogP contribution < -0.4 is 0 Å². The first-order chi connectivity index (χ1) is 8.57. The van der Waals surface area contributed by atoms with Crippen LogP contribution in [0.2, 0.25) is 0 Å². The molecule has 1 aliphatic carbocycles. The third-order valence-electron chi connectivity index (χ3n) is 3.68. The highest BCUT2D eigenvalue weighted by molar-refractivity contribution is 5.85. The van der Waals surface area contributed by atoms with Gasteiger partial charge in [0.2, 0.25) is 5.91 Å². The maximum atomic E-state index is 12.1. The fraction of sp³-hybridized carbons (Fsp3) is 0.846. The molecule has 2 N–H and O–H groups in total. The van der Waals surface area contributed by atoms with E-state index in [1.807, 2.05) is 0 Å². The summed E-state index contributed by atoms with van der Waals surface area (Å²) < 4.78 is 0. The van der Waals surface area contributed by atoms with Crippen molar-refractivity contribution in [2.75, 3.05) is 20.2 Å². The van der Waals surface area contributed by atoms with Crippen LogP contribution in [0.4, 0.5) is 0 Å². The Kier molecular flexibility index (Phi) is 6.12. The van der Waals surface area contributed by atoms with Crippen molar-refractivity contribution in [3.05, 3.63) is 0 Å². The van der Waals surface area contributed by atoms with Gasteiger partial charge in [-0.1, -0.05) is 6.42 Å². The minimum Gasteiger partial charge on any atom is -0.481 e. The number of nitrogens with zero attached hydrogens (tertiary/aromatic N) is 1. The highest BCUT2D eigenvalue weighted by Crippen LogP contribution is 2.33. The van der Waals surface area contributed by atoms with Gasteiger partial charge in [0.15, 0.2) is 0 Å². The number of aliphatic hydroxyl groups excluding tert-OH is 1. The van der Waals surface area contributed by atoms with Crippen LogP contribution in [0.5, 0.6) is 0 Å². The van der Waals surface area contributed by atoms with E-state index in [0.717, 1.165) is 25.7 Å². The number of hydrogen-bond donors (Lipinski definition) is 2. The van der Waals surface area contributed by atoms with Crippen LogP contribution in [0.3, 0.4) is 0 Å². The van der Waals surface area contributed by atoms with Crippen molar-refractivity contribution in [3.8, 4) is 0 Å². The summed E-state index contributed by atoms with van der Waals surface area (Å²) in [6, 6.07) is 0. The van der Waals surface area contributed by atoms with Crippen LogP contribution in [-0.4, -0.2) is 47.2 Å². The Morgan fingerprint density at radius 1 is 1.17 bits per heavy atom. The predicted octanol–water partition coefficient (Wildman–Crippen LogP) is 1.11. The molecular weight excluding hydrogens is 234 g/mol. The molecule has 0 saturated heterocycles. The molecule has 0 radical (unpaired) electrons. The van der Waals surface area contributed by atoms with E-state index >= 15 is 0 Å². The quantitative estimate of drug-likeness (QED) is 0.670. The minimum absolute atomic E-state index is 0.0381. The van der Waals surface area contributed by atoms with Crippen molar-refractivity contribution >= 4 is 11.9 Å². The van der Waals surface area contributed by atoms with Crippen molar-refractivity contribution in [3.63, 3.8) is 0 Å². The van der Waals surface area contributed by atoms with Crippen LogP contribution in [0.15, 0.2) is 0 Å². The van der Waals surface area contributed by atoms with Gasteiger partial charge in [-0.05, 0) is 32.1 Å². The predicted molar refractivity (Wildman–Crippen MR) is 67.0 cm³/mol. The first-order valence-electron chi connectivity index (χ1n) is 6.66. The highest BCUT2D eigenvalue weighted by atomic mass is 16.4. The van der Waals surface area contributed by atoms with Crippen molar-refractivity contribution in [1.82, 2.24) is 4.90 Å². The van der Waals surface area contributed by atoms with E-state index in [1.54, 1.807) is 11.9 Å². The zero-order chi connectivity index (χ0) is 13.5. The molecule has 0 spiro atoms. The van der Waals surface area contributed by atoms with Crippen LogP contribution in [-0.2, 0) is 9.59 Å². The number of carboxylic acid groups (broad SMARTS) is 1. The van der Waals surface area contributed by atoms with Crippen molar-refractivity contribution < 1.29 is 19.8 Å². The number of amides is 1. The van der Waals surface area contributed by atoms with Gasteiger partial charge in [-0.3, -0.25) is 9.59 Å². The summed E-state index contributed by atoms with van der Waals surface area (Å²) in [4.78, 5) is 24.8. The molecule has 1 fully saturated rings. The molecule has 18 heavy (non-hydrogen) atoms. The van der Waals surface area contributed by atoms with Crippen molar-refractivity contribution in [2.45, 2.75) is 38.5 Å². The molecule has 0 aromatic carbocycles. The molecule has 5 nitrogen and oxygen atoms in total. The van der Waals surface area contributed by atoms with E-state index in [0.29, 0.717) is 19.4 Å². The molecular formula is C13H23NO4. The lowest BCUT2D eigenvalue weighted by atomic mass is 9.95. The summed E-state index contributed by atoms with van der Waals surface area (Å²) in [5, 5.41) is 17.7. The van der Waals surface area contributed by atoms with Crippen molar-refractivity contribution in [1.29, 1.82) is 0 Å². The van der Waals surface area contributed by atoms with E-state index in [1.165, 1.54) is 0 Å². The molecule has 104 valence electrons. The van der Waals surface area contributed by atoms with Crippen LogP contribution in [0.1, 0.15) is 38.5 Å². The molecule has 1 saturated carbocycles. The molecule has 1 aliphatic rings. The highest BCUT2D eigenvalue weighted by Gasteiger charge is 2.38. The van der Waals surface area contributed by atoms with E-state index in [-0.39, 0.29) is 18.4 Å². The number of carbonyl (C=O) groups is 2. The van der Waals surface area contributed by atoms with E-state index in [2.05, 4.69) is 0 Å². The first-order valence-corrected chi connectivity index (χ1v) is 6.66. The Morgan fingerprint density at radius 3 is 2.44 bits per heavy atom. The molecule has 1 amide bonds. The average Bonchev–Trinajstić information content (AvgIpc) is 2.82. The number of hydrogen-bond acceptors (Lipinski definition) is 3. The minimum atomic E-state index is -0.848. The number of unbranched alkanes of at least 4 members (excludes halogenated alkanes) is 2. The Labute approximate surface area is 108 Å². The van der Waals surface area contributed by atoms with Crippen LogP contribution in [0, 0.1) is 11.8 Å². The van der Waals surface area contributed by atoms with E-state index < -0.39 is 11.9 Å².